The molecule has 3 aliphatic rings. The molecule has 0 saturated heterocycles. The molecule has 1 atom stereocenters. The van der Waals surface area contributed by atoms with Crippen molar-refractivity contribution in [2.75, 3.05) is 6.54 Å². The quantitative estimate of drug-likeness (QED) is 0.451. The lowest BCUT2D eigenvalue weighted by Gasteiger charge is -2.45. The van der Waals surface area contributed by atoms with Crippen molar-refractivity contribution in [1.29, 1.82) is 0 Å². The van der Waals surface area contributed by atoms with Crippen LogP contribution in [0, 0.1) is 5.92 Å². The van der Waals surface area contributed by atoms with Gasteiger partial charge < -0.3 is 10.3 Å². The summed E-state index contributed by atoms with van der Waals surface area (Å²) < 4.78 is 0. The lowest BCUT2D eigenvalue weighted by Crippen LogP contribution is -2.39. The van der Waals surface area contributed by atoms with Gasteiger partial charge in [0.2, 0.25) is 5.91 Å². The van der Waals surface area contributed by atoms with Crippen LogP contribution < -0.4 is 5.32 Å². The van der Waals surface area contributed by atoms with E-state index >= 15 is 0 Å². The molecule has 3 heteroatoms. The molecule has 3 aromatic carbocycles. The van der Waals surface area contributed by atoms with Gasteiger partial charge in [-0.3, -0.25) is 4.79 Å². The molecule has 2 bridgehead atoms. The molecule has 0 fully saturated rings. The maximum atomic E-state index is 12.7. The van der Waals surface area contributed by atoms with E-state index in [1.165, 1.54) is 33.2 Å². The Morgan fingerprint density at radius 2 is 1.52 bits per heavy atom. The van der Waals surface area contributed by atoms with Gasteiger partial charge in [-0.1, -0.05) is 66.7 Å². The molecule has 0 saturated carbocycles. The van der Waals surface area contributed by atoms with Gasteiger partial charge in [-0.25, -0.2) is 0 Å². The first kappa shape index (κ1) is 18.4. The predicted molar refractivity (Wildman–Crippen MR) is 124 cm³/mol. The standard InChI is InChI=1S/C28H26N2O/c31-27(14-13-18-16-29-26-12-6-5-7-20(18)26)30-17-19-15-25-21-8-1-3-10-23(21)28(19)24-11-4-2-9-22(24)25/h1-12,16,19,25,28-29H,13-15,17H2,(H,30,31). The summed E-state index contributed by atoms with van der Waals surface area (Å²) in [4.78, 5) is 16.0. The lowest BCUT2D eigenvalue weighted by molar-refractivity contribution is -0.121. The third-order valence-electron chi connectivity index (χ3n) is 7.28. The number of nitrogens with one attached hydrogen (secondary N) is 2. The van der Waals surface area contributed by atoms with Crippen LogP contribution in [-0.4, -0.2) is 17.4 Å². The SMILES string of the molecule is O=C(CCc1c[nH]c2ccccc12)NCC1CC2c3ccccc3C1c1ccccc12. The Balaban J connectivity index is 1.16. The highest BCUT2D eigenvalue weighted by Crippen LogP contribution is 2.55. The minimum Gasteiger partial charge on any atom is -0.361 e. The van der Waals surface area contributed by atoms with Gasteiger partial charge in [0.25, 0.3) is 0 Å². The molecule has 3 nitrogen and oxygen atoms in total. The fraction of sp³-hybridized carbons (Fsp3) is 0.250. The first-order chi connectivity index (χ1) is 15.3. The van der Waals surface area contributed by atoms with Gasteiger partial charge in [-0.05, 0) is 52.6 Å². The number of aryl methyl sites for hydroxylation is 1. The van der Waals surface area contributed by atoms with Crippen molar-refractivity contribution in [2.45, 2.75) is 31.1 Å². The van der Waals surface area contributed by atoms with Gasteiger partial charge in [-0.2, -0.15) is 0 Å². The Morgan fingerprint density at radius 3 is 2.26 bits per heavy atom. The second-order valence-corrected chi connectivity index (χ2v) is 8.95. The Hall–Kier alpha value is -3.33. The van der Waals surface area contributed by atoms with Crippen LogP contribution in [0.5, 0.6) is 0 Å². The molecule has 0 radical (unpaired) electrons. The van der Waals surface area contributed by atoms with Crippen LogP contribution in [0.2, 0.25) is 0 Å². The third-order valence-corrected chi connectivity index (χ3v) is 7.28. The molecule has 3 aliphatic carbocycles. The smallest absolute Gasteiger partial charge is 0.220 e. The topological polar surface area (TPSA) is 44.9 Å². The van der Waals surface area contributed by atoms with Crippen LogP contribution >= 0.6 is 0 Å². The zero-order valence-corrected chi connectivity index (χ0v) is 17.5. The summed E-state index contributed by atoms with van der Waals surface area (Å²) in [6.45, 7) is 0.747. The summed E-state index contributed by atoms with van der Waals surface area (Å²) in [7, 11) is 0. The zero-order chi connectivity index (χ0) is 20.8. The van der Waals surface area contributed by atoms with Crippen LogP contribution in [0.15, 0.2) is 79.0 Å². The van der Waals surface area contributed by atoms with Crippen LogP contribution in [0.25, 0.3) is 10.9 Å². The number of fused-ring (bicyclic) bond motifs is 2. The molecule has 0 spiro atoms. The Bertz CT molecular complexity index is 1220. The maximum absolute atomic E-state index is 12.7. The van der Waals surface area contributed by atoms with Gasteiger partial charge in [0.05, 0.1) is 0 Å². The van der Waals surface area contributed by atoms with E-state index in [-0.39, 0.29) is 5.91 Å². The first-order valence-corrected chi connectivity index (χ1v) is 11.3. The number of rotatable bonds is 5. The summed E-state index contributed by atoms with van der Waals surface area (Å²) >= 11 is 0. The highest BCUT2D eigenvalue weighted by Gasteiger charge is 2.42. The van der Waals surface area contributed by atoms with Crippen molar-refractivity contribution in [2.24, 2.45) is 5.92 Å². The van der Waals surface area contributed by atoms with Crippen molar-refractivity contribution >= 4 is 16.8 Å². The highest BCUT2D eigenvalue weighted by molar-refractivity contribution is 5.84. The Labute approximate surface area is 182 Å². The average molecular weight is 407 g/mol. The van der Waals surface area contributed by atoms with E-state index in [0.717, 1.165) is 24.9 Å². The van der Waals surface area contributed by atoms with Gasteiger partial charge in [0, 0.05) is 41.9 Å². The zero-order valence-electron chi connectivity index (χ0n) is 17.5. The van der Waals surface area contributed by atoms with Crippen molar-refractivity contribution in [3.63, 3.8) is 0 Å². The fourth-order valence-corrected chi connectivity index (χ4v) is 5.88. The van der Waals surface area contributed by atoms with E-state index in [4.69, 9.17) is 0 Å². The first-order valence-electron chi connectivity index (χ1n) is 11.3. The summed E-state index contributed by atoms with van der Waals surface area (Å²) in [6, 6.07) is 26.0. The molecule has 1 heterocycles. The van der Waals surface area contributed by atoms with E-state index in [9.17, 15) is 4.79 Å². The van der Waals surface area contributed by atoms with E-state index in [0.29, 0.717) is 24.2 Å². The number of amides is 1. The molecule has 0 aliphatic heterocycles. The van der Waals surface area contributed by atoms with Crippen molar-refractivity contribution in [3.8, 4) is 0 Å². The van der Waals surface area contributed by atoms with Crippen molar-refractivity contribution in [3.05, 3.63) is 107 Å². The van der Waals surface area contributed by atoms with Crippen LogP contribution in [0.1, 0.15) is 52.5 Å². The molecular weight excluding hydrogens is 380 g/mol. The van der Waals surface area contributed by atoms with E-state index in [1.807, 2.05) is 18.3 Å². The monoisotopic (exact) mass is 406 g/mol. The molecule has 1 unspecified atom stereocenters. The van der Waals surface area contributed by atoms with Gasteiger partial charge in [0.1, 0.15) is 0 Å². The number of aromatic nitrogens is 1. The van der Waals surface area contributed by atoms with Crippen LogP contribution in [0.4, 0.5) is 0 Å². The van der Waals surface area contributed by atoms with Crippen LogP contribution in [-0.2, 0) is 11.2 Å². The second kappa shape index (κ2) is 7.42. The molecule has 154 valence electrons. The number of para-hydroxylation sites is 1. The fourth-order valence-electron chi connectivity index (χ4n) is 5.88. The van der Waals surface area contributed by atoms with Crippen molar-refractivity contribution in [1.82, 2.24) is 10.3 Å². The maximum Gasteiger partial charge on any atom is 0.220 e. The highest BCUT2D eigenvalue weighted by atomic mass is 16.1. The Kier molecular flexibility index (Phi) is 4.41. The summed E-state index contributed by atoms with van der Waals surface area (Å²) in [5.74, 6) is 1.43. The molecular formula is C28H26N2O. The normalized spacial score (nSPS) is 21.0. The Morgan fingerprint density at radius 1 is 0.871 bits per heavy atom. The molecule has 2 N–H and O–H groups in total. The summed E-state index contributed by atoms with van der Waals surface area (Å²) in [5.41, 5.74) is 8.21. The number of benzene rings is 3. The summed E-state index contributed by atoms with van der Waals surface area (Å²) in [6.07, 6.45) is 4.43. The largest absolute Gasteiger partial charge is 0.361 e. The lowest BCUT2D eigenvalue weighted by atomic mass is 9.59. The number of aromatic amines is 1. The summed E-state index contributed by atoms with van der Waals surface area (Å²) in [5, 5.41) is 4.48. The minimum absolute atomic E-state index is 0.147. The van der Waals surface area contributed by atoms with Gasteiger partial charge in [-0.15, -0.1) is 0 Å². The molecule has 7 rings (SSSR count). The average Bonchev–Trinajstić information content (AvgIpc) is 3.25. The van der Waals surface area contributed by atoms with E-state index < -0.39 is 0 Å². The molecule has 4 aromatic rings. The molecule has 1 amide bonds. The predicted octanol–water partition coefficient (Wildman–Crippen LogP) is 5.51. The van der Waals surface area contributed by atoms with E-state index in [2.05, 4.69) is 71.0 Å². The number of H-pyrrole nitrogens is 1. The number of hydrogen-bond acceptors (Lipinski definition) is 1. The third kappa shape index (κ3) is 3.07. The van der Waals surface area contributed by atoms with Crippen LogP contribution in [0.3, 0.4) is 0 Å². The van der Waals surface area contributed by atoms with Gasteiger partial charge in [0.15, 0.2) is 0 Å². The van der Waals surface area contributed by atoms with Gasteiger partial charge >= 0.3 is 0 Å². The molecule has 31 heavy (non-hydrogen) atoms. The number of carbonyl (C=O) groups is 1. The number of hydrogen-bond donors (Lipinski definition) is 2. The molecule has 1 aromatic heterocycles. The number of carbonyl (C=O) groups excluding carboxylic acids is 1. The second-order valence-electron chi connectivity index (χ2n) is 8.95. The minimum atomic E-state index is 0.147. The van der Waals surface area contributed by atoms with E-state index in [1.54, 1.807) is 0 Å². The van der Waals surface area contributed by atoms with Crippen molar-refractivity contribution < 1.29 is 4.79 Å².